The van der Waals surface area contributed by atoms with Gasteiger partial charge in [0.15, 0.2) is 0 Å². The third-order valence-corrected chi connectivity index (χ3v) is 5.61. The fourth-order valence-corrected chi connectivity index (χ4v) is 4.65. The predicted molar refractivity (Wildman–Crippen MR) is 83.1 cm³/mol. The van der Waals surface area contributed by atoms with Crippen LogP contribution in [0.15, 0.2) is 12.1 Å². The summed E-state index contributed by atoms with van der Waals surface area (Å²) in [6, 6.07) is 4.29. The molecule has 2 atom stereocenters. The Kier molecular flexibility index (Phi) is 3.40. The standard InChI is InChI=1S/C17H22ClNO2/c18-14-9-12-4-8-21-16(12)13(10-14)11-17(20)5-7-19-6-2-1-3-15(17)19/h9-10,15,20H,1-8,11H2. The topological polar surface area (TPSA) is 32.7 Å². The maximum Gasteiger partial charge on any atom is 0.126 e. The van der Waals surface area contributed by atoms with Gasteiger partial charge >= 0.3 is 0 Å². The molecule has 2 fully saturated rings. The zero-order valence-electron chi connectivity index (χ0n) is 12.3. The number of halogens is 1. The van der Waals surface area contributed by atoms with Crippen LogP contribution in [-0.4, -0.2) is 41.3 Å². The molecule has 1 N–H and O–H groups in total. The quantitative estimate of drug-likeness (QED) is 0.912. The molecule has 0 bridgehead atoms. The van der Waals surface area contributed by atoms with Crippen LogP contribution in [0.5, 0.6) is 5.75 Å². The van der Waals surface area contributed by atoms with Gasteiger partial charge in [0.25, 0.3) is 0 Å². The highest BCUT2D eigenvalue weighted by molar-refractivity contribution is 6.30. The fourth-order valence-electron chi connectivity index (χ4n) is 4.38. The first-order valence-corrected chi connectivity index (χ1v) is 8.44. The molecule has 0 radical (unpaired) electrons. The van der Waals surface area contributed by atoms with Crippen LogP contribution in [0.4, 0.5) is 0 Å². The molecule has 3 aliphatic heterocycles. The van der Waals surface area contributed by atoms with Crippen molar-refractivity contribution < 1.29 is 9.84 Å². The van der Waals surface area contributed by atoms with E-state index >= 15 is 0 Å². The summed E-state index contributed by atoms with van der Waals surface area (Å²) in [4.78, 5) is 2.47. The molecule has 0 spiro atoms. The minimum absolute atomic E-state index is 0.308. The number of rotatable bonds is 2. The Labute approximate surface area is 130 Å². The van der Waals surface area contributed by atoms with Crippen LogP contribution in [0.1, 0.15) is 36.8 Å². The average molecular weight is 308 g/mol. The van der Waals surface area contributed by atoms with Crippen LogP contribution in [0, 0.1) is 0 Å². The highest BCUT2D eigenvalue weighted by Gasteiger charge is 2.47. The molecule has 0 aromatic heterocycles. The van der Waals surface area contributed by atoms with E-state index in [2.05, 4.69) is 4.90 Å². The molecule has 0 aliphatic carbocycles. The molecule has 3 nitrogen and oxygen atoms in total. The first-order chi connectivity index (χ1) is 10.2. The van der Waals surface area contributed by atoms with Crippen LogP contribution in [0.25, 0.3) is 0 Å². The van der Waals surface area contributed by atoms with Crippen LogP contribution in [0.2, 0.25) is 5.02 Å². The molecule has 1 aromatic carbocycles. The van der Waals surface area contributed by atoms with Gasteiger partial charge < -0.3 is 9.84 Å². The van der Waals surface area contributed by atoms with E-state index < -0.39 is 5.60 Å². The molecular weight excluding hydrogens is 286 g/mol. The van der Waals surface area contributed by atoms with E-state index in [1.807, 2.05) is 12.1 Å². The Hall–Kier alpha value is -0.770. The Bertz CT molecular complexity index is 562. The van der Waals surface area contributed by atoms with Gasteiger partial charge in [-0.15, -0.1) is 0 Å². The SMILES string of the molecule is OC1(Cc2cc(Cl)cc3c2OCC3)CCN2CCCCC21. The summed E-state index contributed by atoms with van der Waals surface area (Å²) in [5, 5.41) is 12.0. The second-order valence-corrected chi connectivity index (χ2v) is 7.17. The minimum atomic E-state index is -0.620. The molecule has 3 aliphatic rings. The van der Waals surface area contributed by atoms with Crippen molar-refractivity contribution in [3.63, 3.8) is 0 Å². The van der Waals surface area contributed by atoms with Gasteiger partial charge in [-0.3, -0.25) is 4.90 Å². The second kappa shape index (κ2) is 5.15. The molecule has 4 heteroatoms. The van der Waals surface area contributed by atoms with Crippen LogP contribution in [0.3, 0.4) is 0 Å². The van der Waals surface area contributed by atoms with E-state index in [4.69, 9.17) is 16.3 Å². The number of aliphatic hydroxyl groups is 1. The zero-order chi connectivity index (χ0) is 14.4. The van der Waals surface area contributed by atoms with E-state index in [9.17, 15) is 5.11 Å². The Balaban J connectivity index is 1.64. The number of fused-ring (bicyclic) bond motifs is 2. The van der Waals surface area contributed by atoms with Crippen molar-refractivity contribution in [1.82, 2.24) is 4.90 Å². The van der Waals surface area contributed by atoms with Crippen LogP contribution < -0.4 is 4.74 Å². The lowest BCUT2D eigenvalue weighted by atomic mass is 9.83. The van der Waals surface area contributed by atoms with E-state index in [0.29, 0.717) is 12.5 Å². The summed E-state index contributed by atoms with van der Waals surface area (Å²) in [7, 11) is 0. The molecule has 3 heterocycles. The number of ether oxygens (including phenoxy) is 1. The zero-order valence-corrected chi connectivity index (χ0v) is 13.0. The van der Waals surface area contributed by atoms with Crippen LogP contribution >= 0.6 is 11.6 Å². The minimum Gasteiger partial charge on any atom is -0.493 e. The van der Waals surface area contributed by atoms with Crippen molar-refractivity contribution in [2.24, 2.45) is 0 Å². The van der Waals surface area contributed by atoms with Gasteiger partial charge in [0.1, 0.15) is 5.75 Å². The van der Waals surface area contributed by atoms with Gasteiger partial charge in [-0.2, -0.15) is 0 Å². The third-order valence-electron chi connectivity index (χ3n) is 5.39. The van der Waals surface area contributed by atoms with Crippen molar-refractivity contribution >= 4 is 11.6 Å². The molecular formula is C17H22ClNO2. The van der Waals surface area contributed by atoms with E-state index in [1.54, 1.807) is 0 Å². The van der Waals surface area contributed by atoms with Crippen molar-refractivity contribution in [2.45, 2.75) is 50.2 Å². The van der Waals surface area contributed by atoms with Gasteiger partial charge in [0.2, 0.25) is 0 Å². The highest BCUT2D eigenvalue weighted by Crippen LogP contribution is 2.41. The molecule has 0 saturated carbocycles. The molecule has 114 valence electrons. The summed E-state index contributed by atoms with van der Waals surface area (Å²) < 4.78 is 5.79. The molecule has 0 amide bonds. The average Bonchev–Trinajstić information content (AvgIpc) is 3.05. The van der Waals surface area contributed by atoms with Gasteiger partial charge in [0.05, 0.1) is 12.2 Å². The number of nitrogens with zero attached hydrogens (tertiary/aromatic N) is 1. The maximum atomic E-state index is 11.2. The molecule has 21 heavy (non-hydrogen) atoms. The van der Waals surface area contributed by atoms with Gasteiger partial charge in [-0.25, -0.2) is 0 Å². The summed E-state index contributed by atoms with van der Waals surface area (Å²) in [6.07, 6.45) is 6.06. The fraction of sp³-hybridized carbons (Fsp3) is 0.647. The summed E-state index contributed by atoms with van der Waals surface area (Å²) >= 11 is 6.25. The van der Waals surface area contributed by atoms with E-state index in [0.717, 1.165) is 55.3 Å². The van der Waals surface area contributed by atoms with Crippen molar-refractivity contribution in [3.05, 3.63) is 28.3 Å². The third kappa shape index (κ3) is 2.36. The van der Waals surface area contributed by atoms with E-state index in [-0.39, 0.29) is 0 Å². The molecule has 2 unspecified atom stereocenters. The van der Waals surface area contributed by atoms with Crippen molar-refractivity contribution in [2.75, 3.05) is 19.7 Å². The van der Waals surface area contributed by atoms with Crippen molar-refractivity contribution in [1.29, 1.82) is 0 Å². The molecule has 2 saturated heterocycles. The number of benzene rings is 1. The lowest BCUT2D eigenvalue weighted by Crippen LogP contribution is -2.48. The smallest absolute Gasteiger partial charge is 0.126 e. The number of hydrogen-bond donors (Lipinski definition) is 1. The number of piperidine rings is 1. The summed E-state index contributed by atoms with van der Waals surface area (Å²) in [6.45, 7) is 2.89. The van der Waals surface area contributed by atoms with Gasteiger partial charge in [0, 0.05) is 30.5 Å². The van der Waals surface area contributed by atoms with Crippen molar-refractivity contribution in [3.8, 4) is 5.75 Å². The lowest BCUT2D eigenvalue weighted by molar-refractivity contribution is -0.00922. The normalized spacial score (nSPS) is 31.8. The molecule has 1 aromatic rings. The summed E-state index contributed by atoms with van der Waals surface area (Å²) in [5.41, 5.74) is 1.66. The summed E-state index contributed by atoms with van der Waals surface area (Å²) in [5.74, 6) is 0.974. The maximum absolute atomic E-state index is 11.2. The largest absolute Gasteiger partial charge is 0.493 e. The lowest BCUT2D eigenvalue weighted by Gasteiger charge is -2.37. The molecule has 4 rings (SSSR count). The monoisotopic (exact) mass is 307 g/mol. The Morgan fingerprint density at radius 1 is 1.33 bits per heavy atom. The van der Waals surface area contributed by atoms with Gasteiger partial charge in [-0.1, -0.05) is 18.0 Å². The van der Waals surface area contributed by atoms with E-state index in [1.165, 1.54) is 18.4 Å². The number of hydrogen-bond acceptors (Lipinski definition) is 3. The van der Waals surface area contributed by atoms with Gasteiger partial charge in [-0.05, 0) is 49.1 Å². The Morgan fingerprint density at radius 2 is 2.24 bits per heavy atom. The first kappa shape index (κ1) is 13.9. The first-order valence-electron chi connectivity index (χ1n) is 8.06. The second-order valence-electron chi connectivity index (χ2n) is 6.73. The highest BCUT2D eigenvalue weighted by atomic mass is 35.5. The van der Waals surface area contributed by atoms with Crippen LogP contribution in [-0.2, 0) is 12.8 Å². The predicted octanol–water partition coefficient (Wildman–Crippen LogP) is 2.81. The Morgan fingerprint density at radius 3 is 3.14 bits per heavy atom.